The number of hydrogen-bond donors (Lipinski definition) is 1. The van der Waals surface area contributed by atoms with E-state index >= 15 is 0 Å². The minimum absolute atomic E-state index is 0.260. The van der Waals surface area contributed by atoms with Crippen molar-refractivity contribution in [3.8, 4) is 0 Å². The highest BCUT2D eigenvalue weighted by Gasteiger charge is 2.30. The van der Waals surface area contributed by atoms with Crippen LogP contribution in [0.2, 0.25) is 0 Å². The summed E-state index contributed by atoms with van der Waals surface area (Å²) in [5.41, 5.74) is 0.736. The molecule has 11 heavy (non-hydrogen) atoms. The Labute approximate surface area is 73.1 Å². The number of Topliss-reactive ketones (excluding diaryl/α,β-unsaturated/α-hetero) is 1. The first-order valence-corrected chi connectivity index (χ1v) is 4.45. The normalized spacial score (nSPS) is 16.8. The second-order valence-electron chi connectivity index (χ2n) is 2.86. The lowest BCUT2D eigenvalue weighted by Crippen LogP contribution is -2.00. The summed E-state index contributed by atoms with van der Waals surface area (Å²) in [4.78, 5) is 14.3. The predicted molar refractivity (Wildman–Crippen MR) is 45.5 cm³/mol. The van der Waals surface area contributed by atoms with Gasteiger partial charge in [0.15, 0.2) is 5.78 Å². The molecule has 0 unspecified atom stereocenters. The smallest absolute Gasteiger partial charge is 0.182 e. The van der Waals surface area contributed by atoms with Crippen molar-refractivity contribution in [1.82, 2.24) is 4.98 Å². The fraction of sp³-hybridized carbons (Fsp3) is 0.375. The molecule has 3 heteroatoms. The van der Waals surface area contributed by atoms with Crippen LogP contribution >= 0.6 is 15.9 Å². The lowest BCUT2D eigenvalue weighted by atomic mass is 10.2. The summed E-state index contributed by atoms with van der Waals surface area (Å²) in [6.45, 7) is 0. The Hall–Kier alpha value is -0.570. The number of rotatable bonds is 2. The summed E-state index contributed by atoms with van der Waals surface area (Å²) in [5.74, 6) is 0.566. The minimum atomic E-state index is 0.260. The zero-order valence-corrected chi connectivity index (χ0v) is 7.52. The fourth-order valence-electron chi connectivity index (χ4n) is 1.08. The van der Waals surface area contributed by atoms with Gasteiger partial charge >= 0.3 is 0 Å². The van der Waals surface area contributed by atoms with E-state index in [2.05, 4.69) is 20.9 Å². The number of hydrogen-bond acceptors (Lipinski definition) is 1. The van der Waals surface area contributed by atoms with E-state index in [1.165, 1.54) is 0 Å². The number of ketones is 1. The fourth-order valence-corrected chi connectivity index (χ4v) is 1.42. The van der Waals surface area contributed by atoms with Gasteiger partial charge in [-0.05, 0) is 40.9 Å². The quantitative estimate of drug-likeness (QED) is 0.753. The number of aromatic amines is 1. The molecule has 58 valence electrons. The van der Waals surface area contributed by atoms with Crippen molar-refractivity contribution in [3.05, 3.63) is 22.4 Å². The first kappa shape index (κ1) is 7.10. The number of halogens is 1. The van der Waals surface area contributed by atoms with Gasteiger partial charge in [0.2, 0.25) is 0 Å². The van der Waals surface area contributed by atoms with Crippen LogP contribution in [0.25, 0.3) is 0 Å². The van der Waals surface area contributed by atoms with Crippen LogP contribution < -0.4 is 0 Å². The van der Waals surface area contributed by atoms with Crippen molar-refractivity contribution >= 4 is 21.7 Å². The molecule has 2 rings (SSSR count). The molecule has 1 saturated carbocycles. The SMILES string of the molecule is O=C(c1ccc(Br)[nH]1)C1CC1. The molecule has 0 amide bonds. The molecule has 1 N–H and O–H groups in total. The van der Waals surface area contributed by atoms with Gasteiger partial charge in [-0.1, -0.05) is 0 Å². The Bertz CT molecular complexity index is 288. The number of nitrogens with one attached hydrogen (secondary N) is 1. The molecule has 1 heterocycles. The summed E-state index contributed by atoms with van der Waals surface area (Å²) in [5, 5.41) is 0. The Morgan fingerprint density at radius 3 is 2.73 bits per heavy atom. The second kappa shape index (κ2) is 2.48. The number of H-pyrrole nitrogens is 1. The highest BCUT2D eigenvalue weighted by molar-refractivity contribution is 9.10. The van der Waals surface area contributed by atoms with Crippen molar-refractivity contribution < 1.29 is 4.79 Å². The molecular weight excluding hydrogens is 206 g/mol. The Balaban J connectivity index is 2.21. The zero-order chi connectivity index (χ0) is 7.84. The standard InChI is InChI=1S/C8H8BrNO/c9-7-4-3-6(10-7)8(11)5-1-2-5/h3-5,10H,1-2H2. The molecule has 0 aromatic carbocycles. The van der Waals surface area contributed by atoms with E-state index in [1.54, 1.807) is 0 Å². The van der Waals surface area contributed by atoms with Gasteiger partial charge in [0.1, 0.15) is 0 Å². The van der Waals surface area contributed by atoms with Crippen LogP contribution in [0.15, 0.2) is 16.7 Å². The largest absolute Gasteiger partial charge is 0.347 e. The van der Waals surface area contributed by atoms with E-state index in [0.29, 0.717) is 5.92 Å². The molecule has 0 atom stereocenters. The maximum Gasteiger partial charge on any atom is 0.182 e. The van der Waals surface area contributed by atoms with Crippen LogP contribution in [0.5, 0.6) is 0 Å². The van der Waals surface area contributed by atoms with Crippen LogP contribution in [-0.4, -0.2) is 10.8 Å². The van der Waals surface area contributed by atoms with Crippen molar-refractivity contribution in [2.24, 2.45) is 5.92 Å². The average molecular weight is 214 g/mol. The molecule has 2 nitrogen and oxygen atoms in total. The van der Waals surface area contributed by atoms with Crippen molar-refractivity contribution in [2.75, 3.05) is 0 Å². The van der Waals surface area contributed by atoms with Crippen molar-refractivity contribution in [1.29, 1.82) is 0 Å². The van der Waals surface area contributed by atoms with Gasteiger partial charge in [0.25, 0.3) is 0 Å². The summed E-state index contributed by atoms with van der Waals surface area (Å²) < 4.78 is 0.876. The van der Waals surface area contributed by atoms with E-state index in [9.17, 15) is 4.79 Å². The number of carbonyl (C=O) groups is 1. The first-order valence-electron chi connectivity index (χ1n) is 3.66. The zero-order valence-electron chi connectivity index (χ0n) is 5.93. The van der Waals surface area contributed by atoms with E-state index < -0.39 is 0 Å². The lowest BCUT2D eigenvalue weighted by molar-refractivity contribution is 0.0963. The summed E-state index contributed by atoms with van der Waals surface area (Å²) in [6.07, 6.45) is 2.13. The Kier molecular flexibility index (Phi) is 1.60. The molecule has 0 spiro atoms. The van der Waals surface area contributed by atoms with Gasteiger partial charge in [-0.15, -0.1) is 0 Å². The summed E-state index contributed by atoms with van der Waals surface area (Å²) in [7, 11) is 0. The van der Waals surface area contributed by atoms with E-state index in [-0.39, 0.29) is 5.78 Å². The lowest BCUT2D eigenvalue weighted by Gasteiger charge is -1.91. The third kappa shape index (κ3) is 1.38. The molecule has 0 aliphatic heterocycles. The maximum absolute atomic E-state index is 11.4. The first-order chi connectivity index (χ1) is 5.27. The molecule has 1 aliphatic rings. The van der Waals surface area contributed by atoms with E-state index in [0.717, 1.165) is 23.1 Å². The van der Waals surface area contributed by atoms with Gasteiger partial charge < -0.3 is 4.98 Å². The maximum atomic E-state index is 11.4. The predicted octanol–water partition coefficient (Wildman–Crippen LogP) is 2.37. The number of aromatic nitrogens is 1. The molecule has 1 aromatic heterocycles. The molecule has 1 aliphatic carbocycles. The summed E-state index contributed by atoms with van der Waals surface area (Å²) in [6, 6.07) is 3.68. The molecule has 0 radical (unpaired) electrons. The van der Waals surface area contributed by atoms with Gasteiger partial charge in [-0.2, -0.15) is 0 Å². The van der Waals surface area contributed by atoms with E-state index in [4.69, 9.17) is 0 Å². The average Bonchev–Trinajstić information content (AvgIpc) is 2.74. The van der Waals surface area contributed by atoms with E-state index in [1.807, 2.05) is 12.1 Å². The third-order valence-electron chi connectivity index (χ3n) is 1.86. The Morgan fingerprint density at radius 2 is 2.27 bits per heavy atom. The van der Waals surface area contributed by atoms with Crippen molar-refractivity contribution in [3.63, 3.8) is 0 Å². The molecule has 1 fully saturated rings. The molecular formula is C8H8BrNO. The topological polar surface area (TPSA) is 32.9 Å². The molecule has 0 saturated heterocycles. The summed E-state index contributed by atoms with van der Waals surface area (Å²) >= 11 is 3.26. The van der Waals surface area contributed by atoms with Gasteiger partial charge in [-0.25, -0.2) is 0 Å². The van der Waals surface area contributed by atoms with Crippen LogP contribution in [-0.2, 0) is 0 Å². The highest BCUT2D eigenvalue weighted by Crippen LogP contribution is 2.32. The van der Waals surface area contributed by atoms with Crippen molar-refractivity contribution in [2.45, 2.75) is 12.8 Å². The van der Waals surface area contributed by atoms with Crippen LogP contribution in [0.3, 0.4) is 0 Å². The van der Waals surface area contributed by atoms with Crippen LogP contribution in [0.4, 0.5) is 0 Å². The Morgan fingerprint density at radius 1 is 1.55 bits per heavy atom. The monoisotopic (exact) mass is 213 g/mol. The number of carbonyl (C=O) groups excluding carboxylic acids is 1. The van der Waals surface area contributed by atoms with Crippen LogP contribution in [0, 0.1) is 5.92 Å². The molecule has 0 bridgehead atoms. The van der Waals surface area contributed by atoms with Gasteiger partial charge in [0, 0.05) is 5.92 Å². The minimum Gasteiger partial charge on any atom is -0.347 e. The molecule has 1 aromatic rings. The third-order valence-corrected chi connectivity index (χ3v) is 2.33. The van der Waals surface area contributed by atoms with Gasteiger partial charge in [0.05, 0.1) is 10.3 Å². The van der Waals surface area contributed by atoms with Gasteiger partial charge in [-0.3, -0.25) is 4.79 Å². The highest BCUT2D eigenvalue weighted by atomic mass is 79.9. The second-order valence-corrected chi connectivity index (χ2v) is 3.71. The van der Waals surface area contributed by atoms with Crippen LogP contribution in [0.1, 0.15) is 23.3 Å².